The van der Waals surface area contributed by atoms with Gasteiger partial charge in [0.2, 0.25) is 0 Å². The maximum atomic E-state index is 12.0. The second-order valence-electron chi connectivity index (χ2n) is 7.48. The van der Waals surface area contributed by atoms with Crippen molar-refractivity contribution in [1.82, 2.24) is 0 Å². The molecule has 0 bridgehead atoms. The van der Waals surface area contributed by atoms with Crippen molar-refractivity contribution in [1.29, 1.82) is 0 Å². The van der Waals surface area contributed by atoms with Crippen molar-refractivity contribution in [2.75, 3.05) is 23.7 Å². The van der Waals surface area contributed by atoms with Gasteiger partial charge in [0.15, 0.2) is 6.54 Å². The number of hydrogen-bond donors (Lipinski definition) is 1. The predicted octanol–water partition coefficient (Wildman–Crippen LogP) is 5.29. The van der Waals surface area contributed by atoms with Crippen LogP contribution in [0.3, 0.4) is 0 Å². The molecule has 0 spiro atoms. The summed E-state index contributed by atoms with van der Waals surface area (Å²) in [5.74, 6) is 1.09. The number of nitrogens with zero attached hydrogens (tertiary/aromatic N) is 2. The molecule has 1 atom stereocenters. The van der Waals surface area contributed by atoms with E-state index in [2.05, 4.69) is 86.1 Å². The molecule has 2 aliphatic rings. The number of rotatable bonds is 3. The molecule has 3 nitrogen and oxygen atoms in total. The summed E-state index contributed by atoms with van der Waals surface area (Å²) < 4.78 is 3.36. The Morgan fingerprint density at radius 1 is 0.897 bits per heavy atom. The first-order valence-corrected chi connectivity index (χ1v) is 11.6. The average molecular weight is 466 g/mol. The molecule has 0 aromatic heterocycles. The van der Waals surface area contributed by atoms with Crippen molar-refractivity contribution in [3.63, 3.8) is 0 Å². The molecule has 2 heterocycles. The van der Waals surface area contributed by atoms with E-state index in [1.54, 1.807) is 0 Å². The average Bonchev–Trinajstić information content (AvgIpc) is 3.08. The maximum absolute atomic E-state index is 12.0. The highest BCUT2D eigenvalue weighted by Crippen LogP contribution is 2.40. The molecule has 1 unspecified atom stereocenters. The van der Waals surface area contributed by atoms with Crippen molar-refractivity contribution >= 4 is 38.5 Å². The zero-order chi connectivity index (χ0) is 19.8. The summed E-state index contributed by atoms with van der Waals surface area (Å²) in [5.41, 5.74) is 3.18. The highest BCUT2D eigenvalue weighted by Gasteiger charge is 2.55. The van der Waals surface area contributed by atoms with Crippen molar-refractivity contribution in [3.05, 3.63) is 88.9 Å². The van der Waals surface area contributed by atoms with Gasteiger partial charge in [-0.1, -0.05) is 70.5 Å². The summed E-state index contributed by atoms with van der Waals surface area (Å²) in [5, 5.41) is 13.1. The minimum absolute atomic E-state index is 0.579. The normalized spacial score (nSPS) is 21.4. The molecule has 0 radical (unpaired) electrons. The lowest BCUT2D eigenvalue weighted by Gasteiger charge is -2.28. The molecule has 0 fully saturated rings. The van der Waals surface area contributed by atoms with E-state index < -0.39 is 5.72 Å². The van der Waals surface area contributed by atoms with Crippen LogP contribution in [0.25, 0.3) is 11.1 Å². The molecule has 0 saturated heterocycles. The summed E-state index contributed by atoms with van der Waals surface area (Å²) >= 11 is 5.36. The zero-order valence-electron chi connectivity index (χ0n) is 16.0. The Hall–Kier alpha value is -2.08. The number of amidine groups is 1. The second-order valence-corrected chi connectivity index (χ2v) is 9.46. The van der Waals surface area contributed by atoms with Crippen LogP contribution >= 0.6 is 27.7 Å². The van der Waals surface area contributed by atoms with Gasteiger partial charge in [-0.3, -0.25) is 0 Å². The highest BCUT2D eigenvalue weighted by atomic mass is 79.9. The van der Waals surface area contributed by atoms with Crippen LogP contribution in [0.2, 0.25) is 0 Å². The Kier molecular flexibility index (Phi) is 4.98. The molecule has 146 valence electrons. The predicted molar refractivity (Wildman–Crippen MR) is 124 cm³/mol. The quantitative estimate of drug-likeness (QED) is 0.532. The van der Waals surface area contributed by atoms with Crippen LogP contribution in [-0.4, -0.2) is 33.7 Å². The van der Waals surface area contributed by atoms with E-state index in [0.717, 1.165) is 45.2 Å². The van der Waals surface area contributed by atoms with Crippen molar-refractivity contribution in [2.24, 2.45) is 0 Å². The van der Waals surface area contributed by atoms with Gasteiger partial charge in [-0.05, 0) is 53.6 Å². The fraction of sp³-hybridized carbons (Fsp3) is 0.208. The monoisotopic (exact) mass is 465 g/mol. The lowest BCUT2D eigenvalue weighted by molar-refractivity contribution is -0.532. The third-order valence-electron chi connectivity index (χ3n) is 5.59. The summed E-state index contributed by atoms with van der Waals surface area (Å²) in [4.78, 5) is 2.11. The SMILES string of the molecule is OC1(c2ccc(-c3ccccc3)cc2)C[N+]2=C(SCCC2)N1c1ccc(Br)cc1. The molecule has 29 heavy (non-hydrogen) atoms. The maximum Gasteiger partial charge on any atom is 0.316 e. The Bertz CT molecular complexity index is 1050. The van der Waals surface area contributed by atoms with E-state index in [1.165, 1.54) is 5.56 Å². The molecule has 0 aliphatic carbocycles. The number of thioether (sulfide) groups is 1. The largest absolute Gasteiger partial charge is 0.346 e. The molecular formula is C24H22BrN2OS+. The van der Waals surface area contributed by atoms with Gasteiger partial charge in [-0.2, -0.15) is 4.90 Å². The van der Waals surface area contributed by atoms with Crippen LogP contribution in [0.15, 0.2) is 83.3 Å². The Morgan fingerprint density at radius 3 is 2.31 bits per heavy atom. The van der Waals surface area contributed by atoms with Crippen molar-refractivity contribution in [2.45, 2.75) is 12.1 Å². The van der Waals surface area contributed by atoms with Crippen molar-refractivity contribution in [3.8, 4) is 11.1 Å². The lowest BCUT2D eigenvalue weighted by Crippen LogP contribution is -2.46. The second kappa shape index (κ2) is 7.63. The fourth-order valence-electron chi connectivity index (χ4n) is 4.15. The van der Waals surface area contributed by atoms with E-state index in [0.29, 0.717) is 6.54 Å². The molecule has 0 saturated carbocycles. The first-order chi connectivity index (χ1) is 14.1. The first kappa shape index (κ1) is 18.9. The Morgan fingerprint density at radius 2 is 1.59 bits per heavy atom. The molecule has 3 aromatic rings. The first-order valence-electron chi connectivity index (χ1n) is 9.84. The Balaban J connectivity index is 1.56. The van der Waals surface area contributed by atoms with E-state index in [9.17, 15) is 5.11 Å². The Labute approximate surface area is 183 Å². The van der Waals surface area contributed by atoms with E-state index in [1.807, 2.05) is 30.0 Å². The number of benzene rings is 3. The summed E-state index contributed by atoms with van der Waals surface area (Å²) in [7, 11) is 0. The van der Waals surface area contributed by atoms with Gasteiger partial charge in [0.1, 0.15) is 5.69 Å². The van der Waals surface area contributed by atoms with E-state index in [-0.39, 0.29) is 0 Å². The molecule has 1 N–H and O–H groups in total. The smallest absolute Gasteiger partial charge is 0.316 e. The van der Waals surface area contributed by atoms with Crippen LogP contribution < -0.4 is 4.90 Å². The molecular weight excluding hydrogens is 444 g/mol. The molecule has 2 aliphatic heterocycles. The number of anilines is 1. The van der Waals surface area contributed by atoms with Crippen LogP contribution in [0.5, 0.6) is 0 Å². The van der Waals surface area contributed by atoms with Crippen LogP contribution in [0.1, 0.15) is 12.0 Å². The van der Waals surface area contributed by atoms with Gasteiger partial charge in [-0.15, -0.1) is 0 Å². The number of aliphatic hydroxyl groups is 1. The van der Waals surface area contributed by atoms with Gasteiger partial charge in [0.05, 0.1) is 6.54 Å². The summed E-state index contributed by atoms with van der Waals surface area (Å²) in [6.07, 6.45) is 1.14. The highest BCUT2D eigenvalue weighted by molar-refractivity contribution is 9.10. The van der Waals surface area contributed by atoms with Crippen LogP contribution in [0, 0.1) is 0 Å². The topological polar surface area (TPSA) is 26.5 Å². The van der Waals surface area contributed by atoms with E-state index >= 15 is 0 Å². The lowest BCUT2D eigenvalue weighted by atomic mass is 9.97. The van der Waals surface area contributed by atoms with E-state index in [4.69, 9.17) is 0 Å². The van der Waals surface area contributed by atoms with Gasteiger partial charge in [0.25, 0.3) is 5.72 Å². The zero-order valence-corrected chi connectivity index (χ0v) is 18.4. The van der Waals surface area contributed by atoms with Crippen LogP contribution in [-0.2, 0) is 5.72 Å². The molecule has 0 amide bonds. The molecule has 5 rings (SSSR count). The number of halogens is 1. The fourth-order valence-corrected chi connectivity index (χ4v) is 5.59. The van der Waals surface area contributed by atoms with Gasteiger partial charge in [0, 0.05) is 15.8 Å². The molecule has 5 heteroatoms. The molecule has 3 aromatic carbocycles. The standard InChI is InChI=1S/C24H22BrN2OS/c25-21-11-13-22(14-12-21)27-23-26(15-4-16-29-23)17-24(27,28)20-9-7-19(8-10-20)18-5-2-1-3-6-18/h1-3,5-14,28H,4,15-17H2/q+1. The minimum Gasteiger partial charge on any atom is -0.346 e. The minimum atomic E-state index is -1.09. The van der Waals surface area contributed by atoms with Crippen LogP contribution in [0.4, 0.5) is 5.69 Å². The van der Waals surface area contributed by atoms with Crippen molar-refractivity contribution < 1.29 is 9.68 Å². The van der Waals surface area contributed by atoms with Gasteiger partial charge < -0.3 is 5.11 Å². The van der Waals surface area contributed by atoms with Gasteiger partial charge in [-0.25, -0.2) is 4.58 Å². The summed E-state index contributed by atoms with van der Waals surface area (Å²) in [6.45, 7) is 1.57. The number of hydrogen-bond acceptors (Lipinski definition) is 3. The third-order valence-corrected chi connectivity index (χ3v) is 7.31. The van der Waals surface area contributed by atoms with Gasteiger partial charge >= 0.3 is 5.17 Å². The third kappa shape index (κ3) is 3.41. The summed E-state index contributed by atoms with van der Waals surface area (Å²) in [6, 6.07) is 26.9.